The van der Waals surface area contributed by atoms with Gasteiger partial charge < -0.3 is 0 Å². The summed E-state index contributed by atoms with van der Waals surface area (Å²) in [6.45, 7) is 0. The molecule has 3 aromatic rings. The van der Waals surface area contributed by atoms with Gasteiger partial charge in [-0.15, -0.1) is 10.2 Å². The van der Waals surface area contributed by atoms with Gasteiger partial charge >= 0.3 is 0 Å². The van der Waals surface area contributed by atoms with Crippen molar-refractivity contribution in [3.8, 4) is 0 Å². The highest BCUT2D eigenvalue weighted by Crippen LogP contribution is 2.20. The zero-order chi connectivity index (χ0) is 22.4. The summed E-state index contributed by atoms with van der Waals surface area (Å²) in [5.74, 6) is -0.947. The van der Waals surface area contributed by atoms with Crippen molar-refractivity contribution in [1.29, 1.82) is 0 Å². The normalized spacial score (nSPS) is 10.8. The summed E-state index contributed by atoms with van der Waals surface area (Å²) in [6, 6.07) is 9.96. The van der Waals surface area contributed by atoms with E-state index in [-0.39, 0.29) is 22.8 Å². The molecule has 10 nitrogen and oxygen atoms in total. The summed E-state index contributed by atoms with van der Waals surface area (Å²) in [5, 5.41) is 26.1. The molecule has 2 N–H and O–H groups in total. The van der Waals surface area contributed by atoms with E-state index in [9.17, 15) is 19.7 Å². The lowest BCUT2D eigenvalue weighted by Gasteiger charge is -2.00. The summed E-state index contributed by atoms with van der Waals surface area (Å²) in [7, 11) is 0. The number of nitro benzene ring substituents is 1. The zero-order valence-electron chi connectivity index (χ0n) is 15.4. The summed E-state index contributed by atoms with van der Waals surface area (Å²) in [4.78, 5) is 34.3. The minimum absolute atomic E-state index is 0.100. The van der Waals surface area contributed by atoms with E-state index in [4.69, 9.17) is 23.2 Å². The molecule has 1 aromatic heterocycles. The van der Waals surface area contributed by atoms with Crippen LogP contribution in [0.15, 0.2) is 47.6 Å². The number of non-ortho nitro benzene ring substituents is 1. The Bertz CT molecular complexity index is 1170. The number of carbonyl (C=O) groups excluding carboxylic acids is 2. The first-order valence-corrected chi connectivity index (χ1v) is 10.0. The van der Waals surface area contributed by atoms with Crippen molar-refractivity contribution in [2.75, 3.05) is 5.32 Å². The van der Waals surface area contributed by atoms with Crippen LogP contribution in [0.1, 0.15) is 20.9 Å². The van der Waals surface area contributed by atoms with Crippen LogP contribution in [0.4, 0.5) is 10.8 Å². The highest BCUT2D eigenvalue weighted by Gasteiger charge is 2.14. The average molecular weight is 479 g/mol. The number of nitrogens with one attached hydrogen (secondary N) is 2. The average Bonchev–Trinajstić information content (AvgIpc) is 3.16. The van der Waals surface area contributed by atoms with Crippen LogP contribution >= 0.6 is 34.5 Å². The van der Waals surface area contributed by atoms with Crippen LogP contribution in [-0.4, -0.2) is 33.1 Å². The molecule has 31 heavy (non-hydrogen) atoms. The molecule has 0 saturated heterocycles. The first-order valence-electron chi connectivity index (χ1n) is 8.47. The summed E-state index contributed by atoms with van der Waals surface area (Å²) < 4.78 is 0. The fourth-order valence-corrected chi connectivity index (χ4v) is 3.43. The maximum atomic E-state index is 12.2. The molecule has 0 atom stereocenters. The monoisotopic (exact) mass is 478 g/mol. The lowest BCUT2D eigenvalue weighted by molar-refractivity contribution is -0.384. The molecular formula is C18H12Cl2N6O4S. The number of nitrogens with zero attached hydrogens (tertiary/aromatic N) is 4. The van der Waals surface area contributed by atoms with Crippen molar-refractivity contribution in [2.24, 2.45) is 5.10 Å². The number of hydrazone groups is 1. The minimum Gasteiger partial charge on any atom is -0.296 e. The van der Waals surface area contributed by atoms with Crippen LogP contribution < -0.4 is 10.7 Å². The molecule has 2 aromatic carbocycles. The highest BCUT2D eigenvalue weighted by atomic mass is 35.5. The van der Waals surface area contributed by atoms with Gasteiger partial charge in [-0.3, -0.25) is 25.0 Å². The first kappa shape index (κ1) is 22.3. The highest BCUT2D eigenvalue weighted by molar-refractivity contribution is 7.15. The van der Waals surface area contributed by atoms with Gasteiger partial charge in [-0.1, -0.05) is 40.6 Å². The number of hydrogen-bond acceptors (Lipinski definition) is 8. The lowest BCUT2D eigenvalue weighted by atomic mass is 10.2. The number of halogens is 2. The first-order chi connectivity index (χ1) is 14.8. The third-order valence-electron chi connectivity index (χ3n) is 3.69. The van der Waals surface area contributed by atoms with Crippen LogP contribution in [0.3, 0.4) is 0 Å². The van der Waals surface area contributed by atoms with E-state index >= 15 is 0 Å². The fourth-order valence-electron chi connectivity index (χ4n) is 2.24. The summed E-state index contributed by atoms with van der Waals surface area (Å²) >= 11 is 12.8. The summed E-state index contributed by atoms with van der Waals surface area (Å²) in [5.41, 5.74) is 3.02. The maximum absolute atomic E-state index is 12.2. The predicted octanol–water partition coefficient (Wildman–Crippen LogP) is 3.70. The Balaban J connectivity index is 1.53. The number of amides is 2. The molecule has 13 heteroatoms. The van der Waals surface area contributed by atoms with Gasteiger partial charge in [0.15, 0.2) is 0 Å². The Kier molecular flexibility index (Phi) is 7.23. The number of hydrogen-bond donors (Lipinski definition) is 2. The summed E-state index contributed by atoms with van der Waals surface area (Å²) in [6.07, 6.45) is 1.28. The largest absolute Gasteiger partial charge is 0.296 e. The molecule has 2 amide bonds. The predicted molar refractivity (Wildman–Crippen MR) is 117 cm³/mol. The Morgan fingerprint density at radius 3 is 2.58 bits per heavy atom. The van der Waals surface area contributed by atoms with Gasteiger partial charge in [0.05, 0.1) is 22.6 Å². The van der Waals surface area contributed by atoms with E-state index in [1.807, 2.05) is 0 Å². The number of benzene rings is 2. The second kappa shape index (κ2) is 10.1. The molecule has 0 aliphatic carbocycles. The topological polar surface area (TPSA) is 139 Å². The third-order valence-corrected chi connectivity index (χ3v) is 5.10. The van der Waals surface area contributed by atoms with E-state index in [0.29, 0.717) is 20.6 Å². The molecule has 0 saturated carbocycles. The number of rotatable bonds is 7. The van der Waals surface area contributed by atoms with Gasteiger partial charge in [0, 0.05) is 28.3 Å². The Morgan fingerprint density at radius 2 is 1.90 bits per heavy atom. The van der Waals surface area contributed by atoms with Gasteiger partial charge in [0.1, 0.15) is 5.01 Å². The van der Waals surface area contributed by atoms with E-state index in [2.05, 4.69) is 26.0 Å². The van der Waals surface area contributed by atoms with Crippen molar-refractivity contribution in [3.05, 3.63) is 78.8 Å². The van der Waals surface area contributed by atoms with Crippen molar-refractivity contribution in [1.82, 2.24) is 15.6 Å². The number of carbonyl (C=O) groups is 2. The molecular weight excluding hydrogens is 467 g/mol. The molecule has 0 aliphatic heterocycles. The van der Waals surface area contributed by atoms with E-state index < -0.39 is 16.7 Å². The molecule has 0 spiro atoms. The SMILES string of the molecule is O=C(Cc1nnc(NC(=O)c2ccc([N+](=O)[O-])cc2)s1)N/N=C\c1ccc(Cl)cc1Cl. The molecule has 0 bridgehead atoms. The smallest absolute Gasteiger partial charge is 0.269 e. The van der Waals surface area contributed by atoms with Crippen molar-refractivity contribution in [2.45, 2.75) is 6.42 Å². The van der Waals surface area contributed by atoms with Crippen LogP contribution in [0.25, 0.3) is 0 Å². The van der Waals surface area contributed by atoms with Gasteiger partial charge in [-0.05, 0) is 24.3 Å². The molecule has 158 valence electrons. The number of nitro groups is 1. The molecule has 3 rings (SSSR count). The number of aromatic nitrogens is 2. The van der Waals surface area contributed by atoms with Crippen LogP contribution in [0, 0.1) is 10.1 Å². The Morgan fingerprint density at radius 1 is 1.16 bits per heavy atom. The molecule has 0 fully saturated rings. The molecule has 0 unspecified atom stereocenters. The quantitative estimate of drug-likeness (QED) is 0.301. The Labute approximate surface area is 189 Å². The van der Waals surface area contributed by atoms with Crippen molar-refractivity contribution < 1.29 is 14.5 Å². The van der Waals surface area contributed by atoms with Crippen molar-refractivity contribution >= 4 is 63.4 Å². The van der Waals surface area contributed by atoms with Gasteiger partial charge in [0.2, 0.25) is 11.0 Å². The minimum atomic E-state index is -0.558. The fraction of sp³-hybridized carbons (Fsp3) is 0.0556. The second-order valence-corrected chi connectivity index (χ2v) is 7.80. The zero-order valence-corrected chi connectivity index (χ0v) is 17.7. The maximum Gasteiger partial charge on any atom is 0.269 e. The van der Waals surface area contributed by atoms with Crippen LogP contribution in [0.5, 0.6) is 0 Å². The molecule has 0 aliphatic rings. The van der Waals surface area contributed by atoms with Crippen molar-refractivity contribution in [3.63, 3.8) is 0 Å². The van der Waals surface area contributed by atoms with E-state index in [1.54, 1.807) is 18.2 Å². The second-order valence-electron chi connectivity index (χ2n) is 5.89. The molecule has 0 radical (unpaired) electrons. The van der Waals surface area contributed by atoms with E-state index in [0.717, 1.165) is 11.3 Å². The van der Waals surface area contributed by atoms with Gasteiger partial charge in [0.25, 0.3) is 11.6 Å². The van der Waals surface area contributed by atoms with Gasteiger partial charge in [-0.2, -0.15) is 5.10 Å². The third kappa shape index (κ3) is 6.28. The standard InChI is InChI=1S/C18H12Cl2N6O4S/c19-12-4-1-11(14(20)7-12)9-21-23-15(27)8-16-24-25-18(31-16)22-17(28)10-2-5-13(6-3-10)26(29)30/h1-7,9H,8H2,(H,23,27)(H,22,25,28)/b21-9-. The van der Waals surface area contributed by atoms with Gasteiger partial charge in [-0.25, -0.2) is 5.43 Å². The Hall–Kier alpha value is -3.41. The van der Waals surface area contributed by atoms with E-state index in [1.165, 1.54) is 30.5 Å². The molecule has 1 heterocycles. The van der Waals surface area contributed by atoms with Crippen LogP contribution in [0.2, 0.25) is 10.0 Å². The lowest BCUT2D eigenvalue weighted by Crippen LogP contribution is -2.19. The number of anilines is 1. The van der Waals surface area contributed by atoms with Crippen LogP contribution in [-0.2, 0) is 11.2 Å².